The summed E-state index contributed by atoms with van der Waals surface area (Å²) in [6, 6.07) is 6.81. The number of rotatable bonds is 4. The maximum atomic E-state index is 12.0. The number of benzene rings is 1. The summed E-state index contributed by atoms with van der Waals surface area (Å²) in [6.45, 7) is 7.52. The molecule has 20 heavy (non-hydrogen) atoms. The van der Waals surface area contributed by atoms with Crippen molar-refractivity contribution in [1.29, 1.82) is 0 Å². The summed E-state index contributed by atoms with van der Waals surface area (Å²) < 4.78 is 5.50. The molecule has 110 valence electrons. The van der Waals surface area contributed by atoms with Crippen molar-refractivity contribution in [2.45, 2.75) is 13.0 Å². The lowest BCUT2D eigenvalue weighted by molar-refractivity contribution is -1.00. The number of halogens is 1. The second kappa shape index (κ2) is 7.07. The highest BCUT2D eigenvalue weighted by Gasteiger charge is 2.23. The third kappa shape index (κ3) is 4.47. The quantitative estimate of drug-likeness (QED) is 0.721. The third-order valence-corrected chi connectivity index (χ3v) is 4.03. The number of hydrogen-bond acceptors (Lipinski definition) is 2. The van der Waals surface area contributed by atoms with E-state index < -0.39 is 0 Å². The van der Waals surface area contributed by atoms with Gasteiger partial charge in [-0.15, -0.1) is 0 Å². The Morgan fingerprint density at radius 3 is 2.45 bits per heavy atom. The number of ether oxygens (including phenoxy) is 1. The largest absolute Gasteiger partial charge is 0.453 e. The molecule has 1 aliphatic heterocycles. The van der Waals surface area contributed by atoms with E-state index >= 15 is 0 Å². The SMILES string of the molecule is CC(C[NH+]1CC[NH+](C)CC1)OC(=O)c1ccc(Cl)cc1. The lowest BCUT2D eigenvalue weighted by Gasteiger charge is -2.28. The van der Waals surface area contributed by atoms with Crippen LogP contribution in [-0.2, 0) is 4.74 Å². The minimum atomic E-state index is -0.270. The maximum Gasteiger partial charge on any atom is 0.338 e. The van der Waals surface area contributed by atoms with E-state index in [0.29, 0.717) is 10.6 Å². The van der Waals surface area contributed by atoms with Gasteiger partial charge < -0.3 is 14.5 Å². The standard InChI is InChI=1S/C15H21ClN2O2/c1-12(11-18-9-7-17(2)8-10-18)20-15(19)13-3-5-14(16)6-4-13/h3-6,12H,7-11H2,1-2H3/p+2. The molecule has 1 aromatic carbocycles. The highest BCUT2D eigenvalue weighted by Crippen LogP contribution is 2.10. The summed E-state index contributed by atoms with van der Waals surface area (Å²) in [4.78, 5) is 15.1. The van der Waals surface area contributed by atoms with E-state index in [2.05, 4.69) is 7.05 Å². The number of likely N-dealkylation sites (N-methyl/N-ethyl adjacent to an activating group) is 1. The molecule has 0 radical (unpaired) electrons. The predicted molar refractivity (Wildman–Crippen MR) is 78.5 cm³/mol. The van der Waals surface area contributed by atoms with Crippen LogP contribution in [-0.4, -0.2) is 51.8 Å². The Morgan fingerprint density at radius 1 is 1.25 bits per heavy atom. The van der Waals surface area contributed by atoms with Crippen LogP contribution in [0.25, 0.3) is 0 Å². The molecule has 0 aromatic heterocycles. The van der Waals surface area contributed by atoms with E-state index in [1.165, 1.54) is 18.0 Å². The number of quaternary nitrogens is 2. The highest BCUT2D eigenvalue weighted by molar-refractivity contribution is 6.30. The molecule has 0 bridgehead atoms. The van der Waals surface area contributed by atoms with Crippen LogP contribution >= 0.6 is 11.6 Å². The van der Waals surface area contributed by atoms with E-state index in [1.807, 2.05) is 6.92 Å². The summed E-state index contributed by atoms with van der Waals surface area (Å²) in [5, 5.41) is 0.624. The monoisotopic (exact) mass is 298 g/mol. The van der Waals surface area contributed by atoms with E-state index in [1.54, 1.807) is 29.2 Å². The minimum Gasteiger partial charge on any atom is -0.453 e. The zero-order chi connectivity index (χ0) is 14.5. The summed E-state index contributed by atoms with van der Waals surface area (Å²) >= 11 is 5.81. The molecule has 1 aromatic rings. The normalized spacial score (nSPS) is 24.1. The summed E-state index contributed by atoms with van der Waals surface area (Å²) in [7, 11) is 2.22. The molecule has 0 spiro atoms. The predicted octanol–water partition coefficient (Wildman–Crippen LogP) is -0.701. The number of hydrogen-bond donors (Lipinski definition) is 2. The number of esters is 1. The van der Waals surface area contributed by atoms with Gasteiger partial charge in [-0.25, -0.2) is 4.79 Å². The Kier molecular flexibility index (Phi) is 5.40. The molecule has 4 nitrogen and oxygen atoms in total. The Morgan fingerprint density at radius 2 is 1.85 bits per heavy atom. The molecule has 2 rings (SSSR count). The van der Waals surface area contributed by atoms with Gasteiger partial charge in [0.2, 0.25) is 0 Å². The van der Waals surface area contributed by atoms with Crippen LogP contribution in [0.5, 0.6) is 0 Å². The van der Waals surface area contributed by atoms with Crippen LogP contribution in [0.15, 0.2) is 24.3 Å². The number of piperazine rings is 1. The van der Waals surface area contributed by atoms with E-state index in [9.17, 15) is 4.79 Å². The van der Waals surface area contributed by atoms with E-state index in [0.717, 1.165) is 19.6 Å². The van der Waals surface area contributed by atoms with Gasteiger partial charge >= 0.3 is 5.97 Å². The Balaban J connectivity index is 1.80. The van der Waals surface area contributed by atoms with Crippen molar-refractivity contribution in [2.24, 2.45) is 0 Å². The molecule has 1 atom stereocenters. The van der Waals surface area contributed by atoms with Crippen LogP contribution in [0.1, 0.15) is 17.3 Å². The lowest BCUT2D eigenvalue weighted by atomic mass is 10.2. The van der Waals surface area contributed by atoms with Gasteiger partial charge in [0.1, 0.15) is 38.8 Å². The molecule has 1 saturated heterocycles. The second-order valence-corrected chi connectivity index (χ2v) is 6.07. The van der Waals surface area contributed by atoms with Gasteiger partial charge in [-0.2, -0.15) is 0 Å². The lowest BCUT2D eigenvalue weighted by Crippen LogP contribution is -3.27. The fourth-order valence-electron chi connectivity index (χ4n) is 2.52. The van der Waals surface area contributed by atoms with Gasteiger partial charge in [-0.05, 0) is 31.2 Å². The van der Waals surface area contributed by atoms with Gasteiger partial charge in [0.15, 0.2) is 0 Å². The number of carbonyl (C=O) groups excluding carboxylic acids is 1. The number of carbonyl (C=O) groups is 1. The topological polar surface area (TPSA) is 35.2 Å². The van der Waals surface area contributed by atoms with Crippen molar-refractivity contribution in [1.82, 2.24) is 0 Å². The fourth-order valence-corrected chi connectivity index (χ4v) is 2.65. The van der Waals surface area contributed by atoms with Gasteiger partial charge in [0, 0.05) is 5.02 Å². The third-order valence-electron chi connectivity index (χ3n) is 3.77. The fraction of sp³-hybridized carbons (Fsp3) is 0.533. The Bertz CT molecular complexity index is 442. The van der Waals surface area contributed by atoms with Crippen molar-refractivity contribution in [3.63, 3.8) is 0 Å². The van der Waals surface area contributed by atoms with Crippen molar-refractivity contribution < 1.29 is 19.3 Å². The van der Waals surface area contributed by atoms with Gasteiger partial charge in [-0.1, -0.05) is 11.6 Å². The smallest absolute Gasteiger partial charge is 0.338 e. The molecule has 0 amide bonds. The van der Waals surface area contributed by atoms with Crippen molar-refractivity contribution in [3.05, 3.63) is 34.9 Å². The van der Waals surface area contributed by atoms with Crippen molar-refractivity contribution in [3.8, 4) is 0 Å². The number of nitrogens with one attached hydrogen (secondary N) is 2. The zero-order valence-corrected chi connectivity index (χ0v) is 12.9. The summed E-state index contributed by atoms with van der Waals surface area (Å²) in [6.07, 6.45) is -0.0633. The van der Waals surface area contributed by atoms with Gasteiger partial charge in [-0.3, -0.25) is 0 Å². The molecule has 5 heteroatoms. The molecular formula is C15H23ClN2O2+2. The molecule has 2 N–H and O–H groups in total. The molecule has 1 heterocycles. The first-order valence-electron chi connectivity index (χ1n) is 7.16. The minimum absolute atomic E-state index is 0.0633. The molecule has 1 fully saturated rings. The molecular weight excluding hydrogens is 276 g/mol. The van der Waals surface area contributed by atoms with Crippen molar-refractivity contribution in [2.75, 3.05) is 39.8 Å². The maximum absolute atomic E-state index is 12.0. The molecule has 0 saturated carbocycles. The van der Waals surface area contributed by atoms with E-state index in [4.69, 9.17) is 16.3 Å². The van der Waals surface area contributed by atoms with Crippen LogP contribution in [0.2, 0.25) is 5.02 Å². The second-order valence-electron chi connectivity index (χ2n) is 5.63. The highest BCUT2D eigenvalue weighted by atomic mass is 35.5. The first kappa shape index (κ1) is 15.3. The zero-order valence-electron chi connectivity index (χ0n) is 12.1. The molecule has 1 aliphatic rings. The Labute approximate surface area is 125 Å². The summed E-state index contributed by atoms with van der Waals surface area (Å²) in [5.74, 6) is -0.270. The van der Waals surface area contributed by atoms with Gasteiger partial charge in [0.05, 0.1) is 12.6 Å². The first-order chi connectivity index (χ1) is 9.54. The first-order valence-corrected chi connectivity index (χ1v) is 7.54. The van der Waals surface area contributed by atoms with Crippen LogP contribution in [0.4, 0.5) is 0 Å². The van der Waals surface area contributed by atoms with Crippen LogP contribution in [0.3, 0.4) is 0 Å². The van der Waals surface area contributed by atoms with Crippen LogP contribution in [0, 0.1) is 0 Å². The molecule has 1 unspecified atom stereocenters. The average molecular weight is 299 g/mol. The van der Waals surface area contributed by atoms with Crippen LogP contribution < -0.4 is 9.80 Å². The molecule has 0 aliphatic carbocycles. The van der Waals surface area contributed by atoms with Gasteiger partial charge in [0.25, 0.3) is 0 Å². The van der Waals surface area contributed by atoms with Crippen molar-refractivity contribution >= 4 is 17.6 Å². The van der Waals surface area contributed by atoms with E-state index in [-0.39, 0.29) is 12.1 Å². The Hall–Kier alpha value is -1.10. The average Bonchev–Trinajstić information content (AvgIpc) is 2.42. The summed E-state index contributed by atoms with van der Waals surface area (Å²) in [5.41, 5.74) is 0.555.